The fraction of sp³-hybridized carbons (Fsp3) is 0.467. The summed E-state index contributed by atoms with van der Waals surface area (Å²) in [5, 5.41) is 0.699. The minimum Gasteiger partial charge on any atom is -0.467 e. The van der Waals surface area contributed by atoms with Gasteiger partial charge >= 0.3 is 5.97 Å². The number of esters is 1. The van der Waals surface area contributed by atoms with Crippen LogP contribution in [0.1, 0.15) is 18.4 Å². The van der Waals surface area contributed by atoms with Gasteiger partial charge < -0.3 is 9.64 Å². The summed E-state index contributed by atoms with van der Waals surface area (Å²) in [6.07, 6.45) is 1.54. The number of benzene rings is 1. The molecule has 4 nitrogen and oxygen atoms in total. The predicted octanol–water partition coefficient (Wildman–Crippen LogP) is 2.74. The molecule has 21 heavy (non-hydrogen) atoms. The predicted molar refractivity (Wildman–Crippen MR) is 84.4 cm³/mol. The van der Waals surface area contributed by atoms with Gasteiger partial charge in [-0.25, -0.2) is 4.79 Å². The summed E-state index contributed by atoms with van der Waals surface area (Å²) in [6, 6.07) is 7.19. The molecule has 1 amide bonds. The number of hydrogen-bond acceptors (Lipinski definition) is 4. The summed E-state index contributed by atoms with van der Waals surface area (Å²) in [6.45, 7) is 0.635. The van der Waals surface area contributed by atoms with E-state index in [0.717, 1.165) is 17.7 Å². The molecule has 1 aromatic rings. The maximum Gasteiger partial charge on any atom is 0.328 e. The first-order valence-electron chi connectivity index (χ1n) is 6.81. The Kier molecular flexibility index (Phi) is 5.94. The average molecular weight is 328 g/mol. The molecule has 0 spiro atoms. The van der Waals surface area contributed by atoms with Crippen molar-refractivity contribution in [1.29, 1.82) is 0 Å². The number of carbonyl (C=O) groups excluding carboxylic acids is 2. The molecule has 0 aromatic heterocycles. The molecule has 0 saturated carbocycles. The zero-order chi connectivity index (χ0) is 15.2. The second kappa shape index (κ2) is 7.71. The molecule has 0 aliphatic carbocycles. The molecule has 1 atom stereocenters. The number of likely N-dealkylation sites (tertiary alicyclic amines) is 1. The van der Waals surface area contributed by atoms with Crippen molar-refractivity contribution in [3.05, 3.63) is 34.9 Å². The quantitative estimate of drug-likeness (QED) is 0.780. The Balaban J connectivity index is 1.83. The summed E-state index contributed by atoms with van der Waals surface area (Å²) in [5.41, 5.74) is 1.09. The van der Waals surface area contributed by atoms with Crippen molar-refractivity contribution in [2.75, 3.05) is 19.4 Å². The molecular weight excluding hydrogens is 310 g/mol. The summed E-state index contributed by atoms with van der Waals surface area (Å²) in [4.78, 5) is 25.5. The molecule has 1 aliphatic rings. The molecule has 1 aliphatic heterocycles. The zero-order valence-electron chi connectivity index (χ0n) is 11.9. The Hall–Kier alpha value is -1.20. The van der Waals surface area contributed by atoms with E-state index < -0.39 is 6.04 Å². The van der Waals surface area contributed by atoms with Crippen molar-refractivity contribution >= 4 is 35.2 Å². The Bertz CT molecular complexity index is 523. The van der Waals surface area contributed by atoms with E-state index in [0.29, 0.717) is 23.7 Å². The molecule has 1 saturated heterocycles. The van der Waals surface area contributed by atoms with Gasteiger partial charge in [-0.2, -0.15) is 0 Å². The molecule has 1 heterocycles. The number of thioether (sulfide) groups is 1. The largest absolute Gasteiger partial charge is 0.467 e. The number of methoxy groups -OCH3 is 1. The SMILES string of the molecule is COC(=O)C1CCCN1C(=O)CSCc1cccc(Cl)c1. The van der Waals surface area contributed by atoms with Gasteiger partial charge in [0.2, 0.25) is 5.91 Å². The lowest BCUT2D eigenvalue weighted by Crippen LogP contribution is -2.42. The van der Waals surface area contributed by atoms with Gasteiger partial charge in [-0.15, -0.1) is 11.8 Å². The third-order valence-corrected chi connectivity index (χ3v) is 4.65. The Labute approximate surface area is 133 Å². The number of hydrogen-bond donors (Lipinski definition) is 0. The molecular formula is C15H18ClNO3S. The minimum absolute atomic E-state index is 0.00470. The summed E-state index contributed by atoms with van der Waals surface area (Å²) in [5.74, 6) is 0.763. The molecule has 0 radical (unpaired) electrons. The van der Waals surface area contributed by atoms with Gasteiger partial charge in [-0.05, 0) is 30.5 Å². The lowest BCUT2D eigenvalue weighted by molar-refractivity contribution is -0.150. The van der Waals surface area contributed by atoms with Crippen LogP contribution in [0.5, 0.6) is 0 Å². The normalized spacial score (nSPS) is 17.8. The smallest absolute Gasteiger partial charge is 0.328 e. The highest BCUT2D eigenvalue weighted by molar-refractivity contribution is 7.99. The second-order valence-electron chi connectivity index (χ2n) is 4.89. The van der Waals surface area contributed by atoms with Gasteiger partial charge in [0, 0.05) is 17.3 Å². The molecule has 0 N–H and O–H groups in total. The number of halogens is 1. The van der Waals surface area contributed by atoms with E-state index >= 15 is 0 Å². The van der Waals surface area contributed by atoms with Crippen LogP contribution >= 0.6 is 23.4 Å². The van der Waals surface area contributed by atoms with Crippen molar-refractivity contribution in [1.82, 2.24) is 4.90 Å². The maximum atomic E-state index is 12.2. The second-order valence-corrected chi connectivity index (χ2v) is 6.31. The Morgan fingerprint density at radius 2 is 2.29 bits per heavy atom. The fourth-order valence-corrected chi connectivity index (χ4v) is 3.48. The lowest BCUT2D eigenvalue weighted by atomic mass is 10.2. The van der Waals surface area contributed by atoms with E-state index in [1.54, 1.807) is 4.90 Å². The summed E-state index contributed by atoms with van der Waals surface area (Å²) < 4.78 is 4.75. The average Bonchev–Trinajstić information content (AvgIpc) is 2.96. The van der Waals surface area contributed by atoms with Crippen LogP contribution in [0.4, 0.5) is 0 Å². The van der Waals surface area contributed by atoms with E-state index in [2.05, 4.69) is 0 Å². The van der Waals surface area contributed by atoms with Gasteiger partial charge in [0.05, 0.1) is 12.9 Å². The first-order valence-corrected chi connectivity index (χ1v) is 8.34. The molecule has 2 rings (SSSR count). The van der Waals surface area contributed by atoms with Crippen LogP contribution in [0.15, 0.2) is 24.3 Å². The third kappa shape index (κ3) is 4.38. The zero-order valence-corrected chi connectivity index (χ0v) is 13.5. The number of nitrogens with zero attached hydrogens (tertiary/aromatic N) is 1. The molecule has 6 heteroatoms. The number of carbonyl (C=O) groups is 2. The lowest BCUT2D eigenvalue weighted by Gasteiger charge is -2.22. The standard InChI is InChI=1S/C15H18ClNO3S/c1-20-15(19)13-6-3-7-17(13)14(18)10-21-9-11-4-2-5-12(16)8-11/h2,4-5,8,13H,3,6-7,9-10H2,1H3. The van der Waals surface area contributed by atoms with E-state index in [1.165, 1.54) is 18.9 Å². The minimum atomic E-state index is -0.408. The van der Waals surface area contributed by atoms with Gasteiger partial charge in [0.1, 0.15) is 6.04 Å². The molecule has 0 bridgehead atoms. The molecule has 1 unspecified atom stereocenters. The van der Waals surface area contributed by atoms with Crippen LogP contribution in [0.3, 0.4) is 0 Å². The van der Waals surface area contributed by atoms with Crippen LogP contribution in [0.2, 0.25) is 5.02 Å². The van der Waals surface area contributed by atoms with E-state index in [1.807, 2.05) is 24.3 Å². The van der Waals surface area contributed by atoms with Crippen molar-refractivity contribution in [2.45, 2.75) is 24.6 Å². The highest BCUT2D eigenvalue weighted by Crippen LogP contribution is 2.21. The topological polar surface area (TPSA) is 46.6 Å². The molecule has 1 fully saturated rings. The van der Waals surface area contributed by atoms with Crippen molar-refractivity contribution < 1.29 is 14.3 Å². The Morgan fingerprint density at radius 1 is 1.48 bits per heavy atom. The summed E-state index contributed by atoms with van der Waals surface area (Å²) in [7, 11) is 1.36. The monoisotopic (exact) mass is 327 g/mol. The summed E-state index contributed by atoms with van der Waals surface area (Å²) >= 11 is 7.45. The fourth-order valence-electron chi connectivity index (χ4n) is 2.41. The van der Waals surface area contributed by atoms with Crippen molar-refractivity contribution in [3.8, 4) is 0 Å². The van der Waals surface area contributed by atoms with E-state index in [9.17, 15) is 9.59 Å². The van der Waals surface area contributed by atoms with Crippen molar-refractivity contribution in [2.24, 2.45) is 0 Å². The molecule has 1 aromatic carbocycles. The highest BCUT2D eigenvalue weighted by atomic mass is 35.5. The van der Waals surface area contributed by atoms with Crippen LogP contribution in [-0.2, 0) is 20.1 Å². The number of amides is 1. The first-order chi connectivity index (χ1) is 10.1. The molecule has 114 valence electrons. The highest BCUT2D eigenvalue weighted by Gasteiger charge is 2.34. The third-order valence-electron chi connectivity index (χ3n) is 3.43. The van der Waals surface area contributed by atoms with Crippen LogP contribution < -0.4 is 0 Å². The van der Waals surface area contributed by atoms with E-state index in [-0.39, 0.29) is 11.9 Å². The van der Waals surface area contributed by atoms with Crippen LogP contribution in [0.25, 0.3) is 0 Å². The maximum absolute atomic E-state index is 12.2. The van der Waals surface area contributed by atoms with E-state index in [4.69, 9.17) is 16.3 Å². The Morgan fingerprint density at radius 3 is 3.00 bits per heavy atom. The first kappa shape index (κ1) is 16.2. The van der Waals surface area contributed by atoms with Gasteiger partial charge in [0.15, 0.2) is 0 Å². The number of ether oxygens (including phenoxy) is 1. The van der Waals surface area contributed by atoms with Crippen LogP contribution in [-0.4, -0.2) is 42.2 Å². The van der Waals surface area contributed by atoms with Gasteiger partial charge in [0.25, 0.3) is 0 Å². The van der Waals surface area contributed by atoms with Crippen LogP contribution in [0, 0.1) is 0 Å². The van der Waals surface area contributed by atoms with Gasteiger partial charge in [-0.1, -0.05) is 23.7 Å². The van der Waals surface area contributed by atoms with Crippen molar-refractivity contribution in [3.63, 3.8) is 0 Å². The number of rotatable bonds is 5. The van der Waals surface area contributed by atoms with Gasteiger partial charge in [-0.3, -0.25) is 4.79 Å².